The molecule has 2 aromatic carbocycles. The lowest BCUT2D eigenvalue weighted by Crippen LogP contribution is -2.36. The quantitative estimate of drug-likeness (QED) is 0.777. The molecule has 0 unspecified atom stereocenters. The maximum atomic E-state index is 13.4. The number of Topliss-reactive ketones (excluding diaryl/α,β-unsaturated/α-hetero) is 1. The second kappa shape index (κ2) is 6.12. The second-order valence-electron chi connectivity index (χ2n) is 6.11. The monoisotopic (exact) mass is 364 g/mol. The number of hydrogen-bond acceptors (Lipinski definition) is 7. The number of hydrogen-bond donors (Lipinski definition) is 0. The first kappa shape index (κ1) is 17.1. The van der Waals surface area contributed by atoms with Gasteiger partial charge in [-0.25, -0.2) is 9.59 Å². The van der Waals surface area contributed by atoms with Crippen LogP contribution >= 0.6 is 0 Å². The van der Waals surface area contributed by atoms with Crippen molar-refractivity contribution < 1.29 is 23.9 Å². The fraction of sp³-hybridized carbons (Fsp3) is 0.250. The maximum Gasteiger partial charge on any atom is 0.359 e. The van der Waals surface area contributed by atoms with Crippen LogP contribution in [0.3, 0.4) is 0 Å². The van der Waals surface area contributed by atoms with E-state index in [2.05, 4.69) is 10.2 Å². The summed E-state index contributed by atoms with van der Waals surface area (Å²) in [5.74, 6) is -2.01. The number of esters is 2. The van der Waals surface area contributed by atoms with Crippen LogP contribution in [0.25, 0.3) is 10.8 Å². The average Bonchev–Trinajstić information content (AvgIpc) is 3.18. The molecule has 0 saturated heterocycles. The molecule has 0 saturated carbocycles. The van der Waals surface area contributed by atoms with Gasteiger partial charge in [-0.1, -0.05) is 36.4 Å². The number of nitrogens with zero attached hydrogens (tertiary/aromatic N) is 2. The Morgan fingerprint density at radius 3 is 2.37 bits per heavy atom. The Bertz CT molecular complexity index is 1060. The SMILES string of the molecule is CCOC(=O)C1=C(C(=O)OCC)[C@@]2(N=N1)C(=O)c1cccc3cccc2c13. The number of azo groups is 1. The van der Waals surface area contributed by atoms with Gasteiger partial charge in [0.05, 0.1) is 13.2 Å². The van der Waals surface area contributed by atoms with Crippen LogP contribution in [0.4, 0.5) is 0 Å². The third kappa shape index (κ3) is 2.17. The first-order valence-corrected chi connectivity index (χ1v) is 8.65. The molecule has 1 aliphatic carbocycles. The van der Waals surface area contributed by atoms with Gasteiger partial charge >= 0.3 is 11.9 Å². The highest BCUT2D eigenvalue weighted by atomic mass is 16.5. The standard InChI is InChI=1S/C20H16N2O5/c1-3-26-18(24)15-16(19(25)27-4-2)21-22-20(15)13-10-6-8-11-7-5-9-12(14(11)13)17(20)23/h5-10H,3-4H2,1-2H3/t20-/m1/s1. The number of ether oxygens (including phenoxy) is 2. The van der Waals surface area contributed by atoms with Crippen LogP contribution in [0.5, 0.6) is 0 Å². The Labute approximate surface area is 154 Å². The number of carbonyl (C=O) groups is 3. The smallest absolute Gasteiger partial charge is 0.359 e. The largest absolute Gasteiger partial charge is 0.462 e. The molecule has 136 valence electrons. The van der Waals surface area contributed by atoms with Crippen molar-refractivity contribution in [3.8, 4) is 0 Å². The van der Waals surface area contributed by atoms with Crippen molar-refractivity contribution in [2.75, 3.05) is 13.2 Å². The third-order valence-corrected chi connectivity index (χ3v) is 4.71. The summed E-state index contributed by atoms with van der Waals surface area (Å²) in [6.45, 7) is 3.47. The van der Waals surface area contributed by atoms with Crippen molar-refractivity contribution in [2.45, 2.75) is 19.4 Å². The highest BCUT2D eigenvalue weighted by Gasteiger charge is 2.58. The summed E-state index contributed by atoms with van der Waals surface area (Å²) in [5, 5.41) is 9.61. The van der Waals surface area contributed by atoms with Crippen LogP contribution in [-0.2, 0) is 24.6 Å². The van der Waals surface area contributed by atoms with Crippen molar-refractivity contribution in [3.05, 3.63) is 58.8 Å². The van der Waals surface area contributed by atoms with Gasteiger partial charge in [-0.3, -0.25) is 4.79 Å². The Kier molecular flexibility index (Phi) is 3.87. The topological polar surface area (TPSA) is 94.4 Å². The van der Waals surface area contributed by atoms with E-state index in [-0.39, 0.29) is 24.5 Å². The van der Waals surface area contributed by atoms with Crippen LogP contribution < -0.4 is 0 Å². The zero-order chi connectivity index (χ0) is 19.2. The summed E-state index contributed by atoms with van der Waals surface area (Å²) in [4.78, 5) is 38.6. The number of benzene rings is 2. The molecule has 0 bridgehead atoms. The van der Waals surface area contributed by atoms with E-state index in [0.29, 0.717) is 16.5 Å². The van der Waals surface area contributed by atoms with Crippen LogP contribution in [0.2, 0.25) is 0 Å². The molecule has 1 aliphatic heterocycles. The molecule has 7 heteroatoms. The van der Waals surface area contributed by atoms with Gasteiger partial charge in [-0.15, -0.1) is 5.11 Å². The zero-order valence-corrected chi connectivity index (χ0v) is 14.8. The number of fused-ring (bicyclic) bond motifs is 1. The highest BCUT2D eigenvalue weighted by molar-refractivity contribution is 6.25. The fourth-order valence-corrected chi connectivity index (χ4v) is 3.68. The molecule has 1 atom stereocenters. The molecule has 1 heterocycles. The lowest BCUT2D eigenvalue weighted by Gasteiger charge is -2.21. The Balaban J connectivity index is 2.02. The van der Waals surface area contributed by atoms with E-state index < -0.39 is 23.3 Å². The Hall–Kier alpha value is -3.35. The zero-order valence-electron chi connectivity index (χ0n) is 14.8. The molecular formula is C20H16N2O5. The summed E-state index contributed by atoms with van der Waals surface area (Å²) < 4.78 is 10.1. The normalized spacial score (nSPS) is 20.0. The minimum absolute atomic E-state index is 0.0832. The minimum Gasteiger partial charge on any atom is -0.462 e. The first-order chi connectivity index (χ1) is 13.1. The van der Waals surface area contributed by atoms with E-state index in [1.165, 1.54) is 0 Å². The molecule has 1 spiro atoms. The minimum atomic E-state index is -1.71. The van der Waals surface area contributed by atoms with Crippen molar-refractivity contribution >= 4 is 28.5 Å². The lowest BCUT2D eigenvalue weighted by molar-refractivity contribution is -0.142. The van der Waals surface area contributed by atoms with Crippen LogP contribution in [-0.4, -0.2) is 30.9 Å². The summed E-state index contributed by atoms with van der Waals surface area (Å²) >= 11 is 0. The molecule has 0 amide bonds. The Morgan fingerprint density at radius 1 is 1.00 bits per heavy atom. The third-order valence-electron chi connectivity index (χ3n) is 4.71. The molecular weight excluding hydrogens is 348 g/mol. The van der Waals surface area contributed by atoms with E-state index >= 15 is 0 Å². The van der Waals surface area contributed by atoms with E-state index in [9.17, 15) is 14.4 Å². The van der Waals surface area contributed by atoms with Crippen molar-refractivity contribution in [3.63, 3.8) is 0 Å². The summed E-state index contributed by atoms with van der Waals surface area (Å²) in [6, 6.07) is 10.7. The van der Waals surface area contributed by atoms with Gasteiger partial charge in [0.2, 0.25) is 11.3 Å². The summed E-state index contributed by atoms with van der Waals surface area (Å²) in [6.07, 6.45) is 0. The van der Waals surface area contributed by atoms with E-state index in [4.69, 9.17) is 9.47 Å². The van der Waals surface area contributed by atoms with Gasteiger partial charge in [0.15, 0.2) is 5.70 Å². The fourth-order valence-electron chi connectivity index (χ4n) is 3.68. The first-order valence-electron chi connectivity index (χ1n) is 8.65. The van der Waals surface area contributed by atoms with Crippen LogP contribution in [0.15, 0.2) is 57.9 Å². The second-order valence-corrected chi connectivity index (χ2v) is 6.11. The van der Waals surface area contributed by atoms with Crippen LogP contribution in [0, 0.1) is 0 Å². The number of carbonyl (C=O) groups excluding carboxylic acids is 3. The molecule has 2 aromatic rings. The van der Waals surface area contributed by atoms with Gasteiger partial charge in [-0.2, -0.15) is 5.11 Å². The summed E-state index contributed by atoms with van der Waals surface area (Å²) in [7, 11) is 0. The molecule has 0 N–H and O–H groups in total. The van der Waals surface area contributed by atoms with Gasteiger partial charge in [0, 0.05) is 11.1 Å². The van der Waals surface area contributed by atoms with Gasteiger partial charge < -0.3 is 9.47 Å². The molecule has 0 radical (unpaired) electrons. The molecule has 2 aliphatic rings. The van der Waals surface area contributed by atoms with Crippen molar-refractivity contribution in [2.24, 2.45) is 10.2 Å². The van der Waals surface area contributed by atoms with Crippen LogP contribution in [0.1, 0.15) is 29.8 Å². The molecule has 0 fully saturated rings. The Morgan fingerprint density at radius 2 is 1.67 bits per heavy atom. The predicted molar refractivity (Wildman–Crippen MR) is 95.1 cm³/mol. The average molecular weight is 364 g/mol. The predicted octanol–water partition coefficient (Wildman–Crippen LogP) is 3.08. The maximum absolute atomic E-state index is 13.4. The van der Waals surface area contributed by atoms with Gasteiger partial charge in [0.25, 0.3) is 0 Å². The van der Waals surface area contributed by atoms with Crippen molar-refractivity contribution in [1.82, 2.24) is 0 Å². The highest BCUT2D eigenvalue weighted by Crippen LogP contribution is 2.51. The molecule has 4 rings (SSSR count). The summed E-state index contributed by atoms with van der Waals surface area (Å²) in [5.41, 5.74) is -1.22. The number of rotatable bonds is 4. The van der Waals surface area contributed by atoms with Gasteiger partial charge in [0.1, 0.15) is 5.57 Å². The van der Waals surface area contributed by atoms with E-state index in [1.807, 2.05) is 12.1 Å². The molecule has 27 heavy (non-hydrogen) atoms. The lowest BCUT2D eigenvalue weighted by atomic mass is 9.82. The van der Waals surface area contributed by atoms with Crippen molar-refractivity contribution in [1.29, 1.82) is 0 Å². The van der Waals surface area contributed by atoms with Gasteiger partial charge in [-0.05, 0) is 24.6 Å². The van der Waals surface area contributed by atoms with E-state index in [1.54, 1.807) is 38.1 Å². The molecule has 0 aromatic heterocycles. The van der Waals surface area contributed by atoms with E-state index in [0.717, 1.165) is 5.39 Å². The number of ketones is 1. The molecule has 7 nitrogen and oxygen atoms in total.